The number of carbonyl (C=O) groups excluding carboxylic acids is 1. The molecule has 5 nitrogen and oxygen atoms in total. The first-order chi connectivity index (χ1) is 9.65. The average Bonchev–Trinajstić information content (AvgIpc) is 3.00. The number of benzene rings is 1. The fourth-order valence-electron chi connectivity index (χ4n) is 2.47. The topological polar surface area (TPSA) is 59.8 Å². The van der Waals surface area contributed by atoms with Crippen molar-refractivity contribution < 1.29 is 4.79 Å². The fraction of sp³-hybridized carbons (Fsp3) is 0.357. The summed E-state index contributed by atoms with van der Waals surface area (Å²) in [5.41, 5.74) is 0.632. The molecule has 1 aromatic heterocycles. The molecule has 0 aliphatic carbocycles. The standard InChI is InChI=1S/C14H15BrN4O/c1-9(13-18-17-12-6-3-7-19(12)13)16-14(20)10-4-2-5-11(15)8-10/h2,4-5,8-9H,3,6-7H2,1H3,(H,16,20)/t9-/m1/s1. The van der Waals surface area contributed by atoms with Crippen LogP contribution in [-0.2, 0) is 13.0 Å². The van der Waals surface area contributed by atoms with Crippen molar-refractivity contribution in [3.05, 3.63) is 46.0 Å². The average molecular weight is 335 g/mol. The van der Waals surface area contributed by atoms with E-state index in [4.69, 9.17) is 0 Å². The van der Waals surface area contributed by atoms with Gasteiger partial charge in [-0.15, -0.1) is 10.2 Å². The number of fused-ring (bicyclic) bond motifs is 1. The predicted molar refractivity (Wildman–Crippen MR) is 78.4 cm³/mol. The molecule has 1 N–H and O–H groups in total. The highest BCUT2D eigenvalue weighted by Crippen LogP contribution is 2.19. The molecule has 2 heterocycles. The third-order valence-corrected chi connectivity index (χ3v) is 3.95. The van der Waals surface area contributed by atoms with Crippen LogP contribution in [0, 0.1) is 0 Å². The fourth-order valence-corrected chi connectivity index (χ4v) is 2.87. The van der Waals surface area contributed by atoms with Crippen molar-refractivity contribution >= 4 is 21.8 Å². The van der Waals surface area contributed by atoms with Gasteiger partial charge in [0, 0.05) is 23.0 Å². The number of aromatic nitrogens is 3. The summed E-state index contributed by atoms with van der Waals surface area (Å²) in [6, 6.07) is 7.18. The monoisotopic (exact) mass is 334 g/mol. The van der Waals surface area contributed by atoms with Gasteiger partial charge >= 0.3 is 0 Å². The van der Waals surface area contributed by atoms with Crippen molar-refractivity contribution in [2.45, 2.75) is 32.4 Å². The summed E-state index contributed by atoms with van der Waals surface area (Å²) < 4.78 is 2.99. The van der Waals surface area contributed by atoms with E-state index in [1.54, 1.807) is 12.1 Å². The first-order valence-corrected chi connectivity index (χ1v) is 7.43. The number of nitrogens with one attached hydrogen (secondary N) is 1. The van der Waals surface area contributed by atoms with Crippen LogP contribution in [0.25, 0.3) is 0 Å². The molecule has 3 rings (SSSR count). The quantitative estimate of drug-likeness (QED) is 0.937. The Morgan fingerprint density at radius 1 is 1.45 bits per heavy atom. The molecule has 0 saturated carbocycles. The first kappa shape index (κ1) is 13.3. The van der Waals surface area contributed by atoms with Gasteiger partial charge in [0.15, 0.2) is 5.82 Å². The van der Waals surface area contributed by atoms with Crippen LogP contribution in [0.2, 0.25) is 0 Å². The van der Waals surface area contributed by atoms with E-state index in [-0.39, 0.29) is 11.9 Å². The maximum absolute atomic E-state index is 12.2. The summed E-state index contributed by atoms with van der Waals surface area (Å²) in [6.07, 6.45) is 2.07. The van der Waals surface area contributed by atoms with Crippen LogP contribution in [0.5, 0.6) is 0 Å². The summed E-state index contributed by atoms with van der Waals surface area (Å²) >= 11 is 3.37. The van der Waals surface area contributed by atoms with Gasteiger partial charge in [-0.25, -0.2) is 0 Å². The lowest BCUT2D eigenvalue weighted by atomic mass is 10.2. The second-order valence-corrected chi connectivity index (χ2v) is 5.85. The van der Waals surface area contributed by atoms with Crippen LogP contribution in [-0.4, -0.2) is 20.7 Å². The van der Waals surface area contributed by atoms with Crippen LogP contribution in [0.4, 0.5) is 0 Å². The Morgan fingerprint density at radius 3 is 3.10 bits per heavy atom. The third kappa shape index (κ3) is 2.47. The van der Waals surface area contributed by atoms with Crippen molar-refractivity contribution in [1.29, 1.82) is 0 Å². The number of aryl methyl sites for hydroxylation is 1. The van der Waals surface area contributed by atoms with Crippen molar-refractivity contribution in [3.8, 4) is 0 Å². The molecule has 104 valence electrons. The molecule has 0 fully saturated rings. The molecule has 0 unspecified atom stereocenters. The van der Waals surface area contributed by atoms with E-state index in [9.17, 15) is 4.79 Å². The molecule has 0 bridgehead atoms. The zero-order valence-corrected chi connectivity index (χ0v) is 12.7. The van der Waals surface area contributed by atoms with Gasteiger partial charge in [0.2, 0.25) is 0 Å². The maximum atomic E-state index is 12.2. The van der Waals surface area contributed by atoms with Crippen LogP contribution in [0.3, 0.4) is 0 Å². The Bertz CT molecular complexity index is 652. The molecule has 1 aliphatic rings. The Labute approximate surface area is 125 Å². The second-order valence-electron chi connectivity index (χ2n) is 4.94. The minimum atomic E-state index is -0.152. The molecule has 1 aliphatic heterocycles. The number of carbonyl (C=O) groups is 1. The molecule has 1 amide bonds. The number of halogens is 1. The first-order valence-electron chi connectivity index (χ1n) is 6.63. The third-order valence-electron chi connectivity index (χ3n) is 3.46. The largest absolute Gasteiger partial charge is 0.342 e. The molecule has 0 spiro atoms. The van der Waals surface area contributed by atoms with Crippen molar-refractivity contribution in [1.82, 2.24) is 20.1 Å². The summed E-state index contributed by atoms with van der Waals surface area (Å²) in [4.78, 5) is 12.2. The number of rotatable bonds is 3. The summed E-state index contributed by atoms with van der Waals surface area (Å²) in [5.74, 6) is 1.75. The van der Waals surface area contributed by atoms with E-state index < -0.39 is 0 Å². The Hall–Kier alpha value is -1.69. The van der Waals surface area contributed by atoms with Gasteiger partial charge in [-0.1, -0.05) is 22.0 Å². The Kier molecular flexibility index (Phi) is 3.56. The molecular formula is C14H15BrN4O. The smallest absolute Gasteiger partial charge is 0.251 e. The van der Waals surface area contributed by atoms with Gasteiger partial charge in [0.05, 0.1) is 6.04 Å². The lowest BCUT2D eigenvalue weighted by Crippen LogP contribution is -2.28. The highest BCUT2D eigenvalue weighted by atomic mass is 79.9. The van der Waals surface area contributed by atoms with Crippen molar-refractivity contribution in [3.63, 3.8) is 0 Å². The predicted octanol–water partition coefficient (Wildman–Crippen LogP) is 2.48. The van der Waals surface area contributed by atoms with Crippen molar-refractivity contribution in [2.24, 2.45) is 0 Å². The molecule has 1 aromatic carbocycles. The maximum Gasteiger partial charge on any atom is 0.251 e. The van der Waals surface area contributed by atoms with Crippen LogP contribution in [0.15, 0.2) is 28.7 Å². The zero-order valence-electron chi connectivity index (χ0n) is 11.1. The minimum Gasteiger partial charge on any atom is -0.342 e. The normalized spacial score (nSPS) is 14.9. The van der Waals surface area contributed by atoms with E-state index in [1.807, 2.05) is 19.1 Å². The molecule has 20 heavy (non-hydrogen) atoms. The van der Waals surface area contributed by atoms with E-state index in [1.165, 1.54) is 0 Å². The molecule has 0 radical (unpaired) electrons. The number of hydrogen-bond donors (Lipinski definition) is 1. The number of nitrogens with zero attached hydrogens (tertiary/aromatic N) is 3. The van der Waals surface area contributed by atoms with E-state index in [0.717, 1.165) is 35.5 Å². The molecule has 2 aromatic rings. The molecule has 0 saturated heterocycles. The number of hydrogen-bond acceptors (Lipinski definition) is 3. The van der Waals surface area contributed by atoms with Crippen LogP contribution >= 0.6 is 15.9 Å². The Balaban J connectivity index is 1.75. The van der Waals surface area contributed by atoms with Gasteiger partial charge in [-0.2, -0.15) is 0 Å². The molecule has 6 heteroatoms. The van der Waals surface area contributed by atoms with Gasteiger partial charge in [-0.3, -0.25) is 4.79 Å². The minimum absolute atomic E-state index is 0.103. The zero-order chi connectivity index (χ0) is 14.1. The van der Waals surface area contributed by atoms with E-state index in [2.05, 4.69) is 36.0 Å². The number of amides is 1. The SMILES string of the molecule is C[C@@H](NC(=O)c1cccc(Br)c1)c1nnc2n1CCC2. The van der Waals surface area contributed by atoms with Crippen LogP contribution < -0.4 is 5.32 Å². The summed E-state index contributed by atoms with van der Waals surface area (Å²) in [7, 11) is 0. The second kappa shape index (κ2) is 5.36. The molecular weight excluding hydrogens is 320 g/mol. The van der Waals surface area contributed by atoms with Gasteiger partial charge < -0.3 is 9.88 Å². The van der Waals surface area contributed by atoms with E-state index in [0.29, 0.717) is 5.56 Å². The summed E-state index contributed by atoms with van der Waals surface area (Å²) in [6.45, 7) is 2.88. The van der Waals surface area contributed by atoms with Gasteiger partial charge in [0.1, 0.15) is 5.82 Å². The van der Waals surface area contributed by atoms with E-state index >= 15 is 0 Å². The van der Waals surface area contributed by atoms with Crippen molar-refractivity contribution in [2.75, 3.05) is 0 Å². The Morgan fingerprint density at radius 2 is 2.30 bits per heavy atom. The van der Waals surface area contributed by atoms with Gasteiger partial charge in [0.25, 0.3) is 5.91 Å². The lowest BCUT2D eigenvalue weighted by molar-refractivity contribution is 0.0937. The van der Waals surface area contributed by atoms with Gasteiger partial charge in [-0.05, 0) is 31.5 Å². The molecule has 1 atom stereocenters. The highest BCUT2D eigenvalue weighted by Gasteiger charge is 2.22. The summed E-state index contributed by atoms with van der Waals surface area (Å²) in [5, 5.41) is 11.3. The lowest BCUT2D eigenvalue weighted by Gasteiger charge is -2.14. The highest BCUT2D eigenvalue weighted by molar-refractivity contribution is 9.10. The van der Waals surface area contributed by atoms with Crippen LogP contribution in [0.1, 0.15) is 41.4 Å².